The van der Waals surface area contributed by atoms with E-state index < -0.39 is 6.10 Å². The van der Waals surface area contributed by atoms with Crippen LogP contribution in [0.25, 0.3) is 11.0 Å². The molecule has 1 unspecified atom stereocenters. The first-order valence-electron chi connectivity index (χ1n) is 10.7. The number of amides is 1. The van der Waals surface area contributed by atoms with Crippen molar-refractivity contribution in [2.24, 2.45) is 0 Å². The summed E-state index contributed by atoms with van der Waals surface area (Å²) in [6.45, 7) is 5.07. The number of rotatable bonds is 7. The molecule has 1 saturated heterocycles. The lowest BCUT2D eigenvalue weighted by atomic mass is 10.0. The van der Waals surface area contributed by atoms with Gasteiger partial charge in [0, 0.05) is 32.0 Å². The van der Waals surface area contributed by atoms with Gasteiger partial charge >= 0.3 is 0 Å². The average molecular weight is 408 g/mol. The van der Waals surface area contributed by atoms with Gasteiger partial charge in [-0.3, -0.25) is 9.78 Å². The lowest BCUT2D eigenvalue weighted by Gasteiger charge is -2.26. The lowest BCUT2D eigenvalue weighted by Crippen LogP contribution is -2.40. The Labute approximate surface area is 177 Å². The van der Waals surface area contributed by atoms with Gasteiger partial charge in [0.25, 0.3) is 5.91 Å². The van der Waals surface area contributed by atoms with Crippen LogP contribution in [0.15, 0.2) is 48.8 Å². The molecule has 1 amide bonds. The summed E-state index contributed by atoms with van der Waals surface area (Å²) in [6.07, 6.45) is 6.28. The number of benzene rings is 1. The lowest BCUT2D eigenvalue weighted by molar-refractivity contribution is 0.0304. The fourth-order valence-corrected chi connectivity index (χ4v) is 4.02. The van der Waals surface area contributed by atoms with Crippen LogP contribution in [0.2, 0.25) is 0 Å². The monoisotopic (exact) mass is 407 g/mol. The maximum absolute atomic E-state index is 13.0. The van der Waals surface area contributed by atoms with Crippen molar-refractivity contribution in [3.05, 3.63) is 65.5 Å². The van der Waals surface area contributed by atoms with Crippen molar-refractivity contribution in [3.63, 3.8) is 0 Å². The van der Waals surface area contributed by atoms with Crippen LogP contribution in [-0.2, 0) is 17.7 Å². The summed E-state index contributed by atoms with van der Waals surface area (Å²) < 4.78 is 7.53. The molecule has 0 spiro atoms. The fourth-order valence-electron chi connectivity index (χ4n) is 4.02. The van der Waals surface area contributed by atoms with Crippen molar-refractivity contribution < 1.29 is 14.6 Å². The molecular formula is C24H29N3O3. The molecule has 0 bridgehead atoms. The molecule has 0 aliphatic carbocycles. The number of aryl methyl sites for hydroxylation is 2. The van der Waals surface area contributed by atoms with E-state index in [2.05, 4.69) is 21.7 Å². The van der Waals surface area contributed by atoms with Crippen LogP contribution in [0, 0.1) is 0 Å². The second-order valence-electron chi connectivity index (χ2n) is 7.89. The molecule has 1 aliphatic rings. The van der Waals surface area contributed by atoms with Crippen LogP contribution in [0.1, 0.15) is 47.4 Å². The summed E-state index contributed by atoms with van der Waals surface area (Å²) in [7, 11) is 0. The summed E-state index contributed by atoms with van der Waals surface area (Å²) in [5.41, 5.74) is 4.66. The predicted molar refractivity (Wildman–Crippen MR) is 116 cm³/mol. The van der Waals surface area contributed by atoms with E-state index in [1.54, 1.807) is 13.1 Å². The molecule has 158 valence electrons. The average Bonchev–Trinajstić information content (AvgIpc) is 3.16. The third kappa shape index (κ3) is 4.55. The van der Waals surface area contributed by atoms with Crippen LogP contribution in [-0.4, -0.2) is 51.8 Å². The zero-order chi connectivity index (χ0) is 20.9. The van der Waals surface area contributed by atoms with E-state index >= 15 is 0 Å². The Morgan fingerprint density at radius 2 is 2.03 bits per heavy atom. The van der Waals surface area contributed by atoms with Crippen LogP contribution < -0.4 is 0 Å². The molecule has 6 heteroatoms. The Morgan fingerprint density at radius 1 is 1.20 bits per heavy atom. The topological polar surface area (TPSA) is 67.6 Å². The van der Waals surface area contributed by atoms with Crippen LogP contribution in [0.4, 0.5) is 0 Å². The number of morpholine rings is 1. The van der Waals surface area contributed by atoms with Gasteiger partial charge in [-0.15, -0.1) is 0 Å². The van der Waals surface area contributed by atoms with Gasteiger partial charge in [-0.1, -0.05) is 24.3 Å². The molecule has 3 heterocycles. The molecule has 6 nitrogen and oxygen atoms in total. The fraction of sp³-hybridized carbons (Fsp3) is 0.417. The van der Waals surface area contributed by atoms with Crippen LogP contribution in [0.3, 0.4) is 0 Å². The van der Waals surface area contributed by atoms with E-state index in [9.17, 15) is 9.90 Å². The Kier molecular flexibility index (Phi) is 6.45. The number of nitrogens with zero attached hydrogens (tertiary/aromatic N) is 3. The summed E-state index contributed by atoms with van der Waals surface area (Å²) in [4.78, 5) is 19.4. The van der Waals surface area contributed by atoms with Gasteiger partial charge in [0.2, 0.25) is 0 Å². The first-order valence-corrected chi connectivity index (χ1v) is 10.7. The second-order valence-corrected chi connectivity index (χ2v) is 7.89. The molecule has 4 rings (SSSR count). The highest BCUT2D eigenvalue weighted by Crippen LogP contribution is 2.22. The summed E-state index contributed by atoms with van der Waals surface area (Å²) in [6, 6.07) is 12.1. The largest absolute Gasteiger partial charge is 0.389 e. The molecule has 2 aromatic heterocycles. The van der Waals surface area contributed by atoms with E-state index in [4.69, 9.17) is 4.74 Å². The molecule has 1 aliphatic heterocycles. The van der Waals surface area contributed by atoms with E-state index in [-0.39, 0.29) is 5.91 Å². The number of ether oxygens (including phenoxy) is 1. The molecule has 1 fully saturated rings. The second kappa shape index (κ2) is 9.41. The summed E-state index contributed by atoms with van der Waals surface area (Å²) in [5, 5.41) is 9.76. The number of carbonyl (C=O) groups is 1. The number of aliphatic hydroxyl groups excluding tert-OH is 1. The van der Waals surface area contributed by atoms with E-state index in [0.717, 1.165) is 42.4 Å². The highest BCUT2D eigenvalue weighted by molar-refractivity contribution is 6.05. The molecule has 0 saturated carbocycles. The number of aromatic nitrogens is 2. The first-order chi connectivity index (χ1) is 14.6. The first kappa shape index (κ1) is 20.6. The number of pyridine rings is 1. The Morgan fingerprint density at radius 3 is 2.83 bits per heavy atom. The van der Waals surface area contributed by atoms with Crippen molar-refractivity contribution in [3.8, 4) is 0 Å². The zero-order valence-electron chi connectivity index (χ0n) is 17.5. The van der Waals surface area contributed by atoms with Gasteiger partial charge in [0.15, 0.2) is 0 Å². The predicted octanol–water partition coefficient (Wildman–Crippen LogP) is 3.58. The molecule has 30 heavy (non-hydrogen) atoms. The Bertz CT molecular complexity index is 1010. The van der Waals surface area contributed by atoms with Crippen molar-refractivity contribution in [1.29, 1.82) is 0 Å². The zero-order valence-corrected chi connectivity index (χ0v) is 17.5. The molecule has 1 atom stereocenters. The standard InChI is InChI=1S/C24H29N3O3/c1-18(28)20-8-4-7-19(16-20)6-2-3-11-27-17-21(23-22(27)9-5-10-25-23)24(29)26-12-14-30-15-13-26/h4-5,7-10,16-18,28H,2-3,6,11-15H2,1H3. The number of aliphatic hydroxyl groups is 1. The van der Waals surface area contributed by atoms with Crippen molar-refractivity contribution >= 4 is 16.9 Å². The highest BCUT2D eigenvalue weighted by atomic mass is 16.5. The van der Waals surface area contributed by atoms with Gasteiger partial charge in [-0.25, -0.2) is 0 Å². The van der Waals surface area contributed by atoms with Crippen LogP contribution in [0.5, 0.6) is 0 Å². The maximum atomic E-state index is 13.0. The molecule has 1 N–H and O–H groups in total. The SMILES string of the molecule is CC(O)c1cccc(CCCCn2cc(C(=O)N3CCOCC3)c3ncccc32)c1. The number of fused-ring (bicyclic) bond motifs is 1. The van der Waals surface area contributed by atoms with Gasteiger partial charge in [0.05, 0.1) is 30.4 Å². The minimum atomic E-state index is -0.439. The third-order valence-corrected chi connectivity index (χ3v) is 5.71. The minimum Gasteiger partial charge on any atom is -0.389 e. The molecular weight excluding hydrogens is 378 g/mol. The maximum Gasteiger partial charge on any atom is 0.257 e. The van der Waals surface area contributed by atoms with Gasteiger partial charge in [-0.2, -0.15) is 0 Å². The third-order valence-electron chi connectivity index (χ3n) is 5.71. The van der Waals surface area contributed by atoms with Crippen molar-refractivity contribution in [2.45, 2.75) is 38.8 Å². The van der Waals surface area contributed by atoms with E-state index in [0.29, 0.717) is 31.9 Å². The van der Waals surface area contributed by atoms with E-state index in [1.807, 2.05) is 35.4 Å². The summed E-state index contributed by atoms with van der Waals surface area (Å²) >= 11 is 0. The number of hydrogen-bond donors (Lipinski definition) is 1. The quantitative estimate of drug-likeness (QED) is 0.608. The Balaban J connectivity index is 1.43. The normalized spacial score (nSPS) is 15.5. The van der Waals surface area contributed by atoms with Crippen molar-refractivity contribution in [2.75, 3.05) is 26.3 Å². The van der Waals surface area contributed by atoms with Crippen LogP contribution >= 0.6 is 0 Å². The smallest absolute Gasteiger partial charge is 0.257 e. The molecule has 1 aromatic carbocycles. The van der Waals surface area contributed by atoms with Crippen molar-refractivity contribution in [1.82, 2.24) is 14.5 Å². The molecule has 0 radical (unpaired) electrons. The minimum absolute atomic E-state index is 0.0377. The van der Waals surface area contributed by atoms with E-state index in [1.165, 1.54) is 5.56 Å². The van der Waals surface area contributed by atoms with Gasteiger partial charge in [0.1, 0.15) is 5.52 Å². The highest BCUT2D eigenvalue weighted by Gasteiger charge is 2.23. The van der Waals surface area contributed by atoms with Gasteiger partial charge in [-0.05, 0) is 49.4 Å². The number of unbranched alkanes of at least 4 members (excludes halogenated alkanes) is 1. The summed E-state index contributed by atoms with van der Waals surface area (Å²) in [5.74, 6) is 0.0377. The number of carbonyl (C=O) groups excluding carboxylic acids is 1. The number of hydrogen-bond acceptors (Lipinski definition) is 4. The molecule has 3 aromatic rings. The van der Waals surface area contributed by atoms with Gasteiger partial charge < -0.3 is 19.3 Å². The Hall–Kier alpha value is -2.70.